The van der Waals surface area contributed by atoms with Gasteiger partial charge in [-0.1, -0.05) is 40.4 Å². The predicted molar refractivity (Wildman–Crippen MR) is 89.3 cm³/mol. The molecule has 0 saturated carbocycles. The molecule has 0 heterocycles. The molecule has 0 radical (unpaired) electrons. The molecule has 0 aliphatic rings. The number of rotatable bonds is 12. The van der Waals surface area contributed by atoms with E-state index >= 15 is 0 Å². The second kappa shape index (κ2) is 10.4. The lowest BCUT2D eigenvalue weighted by Gasteiger charge is -2.24. The van der Waals surface area contributed by atoms with Crippen molar-refractivity contribution in [3.8, 4) is 0 Å². The van der Waals surface area contributed by atoms with Gasteiger partial charge in [0, 0.05) is 21.1 Å². The van der Waals surface area contributed by atoms with E-state index < -0.39 is 14.0 Å². The molecule has 126 valence electrons. The molecule has 0 aliphatic heterocycles. The summed E-state index contributed by atoms with van der Waals surface area (Å²) < 4.78 is 11.3. The summed E-state index contributed by atoms with van der Waals surface area (Å²) in [6.45, 7) is 14.3. The van der Waals surface area contributed by atoms with E-state index in [0.717, 1.165) is 25.5 Å². The minimum atomic E-state index is -1.04. The van der Waals surface area contributed by atoms with Crippen molar-refractivity contribution >= 4 is 14.0 Å². The molecule has 3 atom stereocenters. The fraction of sp³-hybridized carbons (Fsp3) is 0.938. The van der Waals surface area contributed by atoms with Gasteiger partial charge in [-0.25, -0.2) is 0 Å². The van der Waals surface area contributed by atoms with Crippen molar-refractivity contribution in [1.29, 1.82) is 0 Å². The molecule has 2 unspecified atom stereocenters. The van der Waals surface area contributed by atoms with Gasteiger partial charge in [0.1, 0.15) is 6.79 Å². The van der Waals surface area contributed by atoms with Gasteiger partial charge < -0.3 is 14.6 Å². The fourth-order valence-corrected chi connectivity index (χ4v) is 2.81. The summed E-state index contributed by atoms with van der Waals surface area (Å²) in [6, 6.07) is 1.15. The fourth-order valence-electron chi connectivity index (χ4n) is 2.06. The van der Waals surface area contributed by atoms with Crippen molar-refractivity contribution in [2.45, 2.75) is 71.8 Å². The first-order valence-corrected chi connectivity index (χ1v) is 11.8. The zero-order valence-corrected chi connectivity index (χ0v) is 15.6. The molecule has 0 aromatic heterocycles. The van der Waals surface area contributed by atoms with E-state index in [1.807, 2.05) is 6.92 Å². The van der Waals surface area contributed by atoms with Crippen LogP contribution in [-0.2, 0) is 14.3 Å². The van der Waals surface area contributed by atoms with Crippen LogP contribution in [0.2, 0.25) is 25.7 Å². The number of aliphatic carboxylic acids is 1. The van der Waals surface area contributed by atoms with Gasteiger partial charge >= 0.3 is 5.97 Å². The van der Waals surface area contributed by atoms with E-state index in [1.165, 1.54) is 0 Å². The van der Waals surface area contributed by atoms with Crippen molar-refractivity contribution in [3.05, 3.63) is 0 Å². The van der Waals surface area contributed by atoms with Crippen LogP contribution in [0.1, 0.15) is 40.0 Å². The molecule has 0 spiro atoms. The molecule has 1 N–H and O–H groups in total. The maximum Gasteiger partial charge on any atom is 0.303 e. The standard InChI is InChI=1S/C16H34O4Si/c1-7-15(10-13(2)14(3)11-16(17)18)20-12-19-8-9-21(4,5)6/h13-15H,7-12H2,1-6H3,(H,17,18)/t13?,14?,15-/m1/s1. The summed E-state index contributed by atoms with van der Waals surface area (Å²) in [7, 11) is -1.04. The van der Waals surface area contributed by atoms with E-state index in [9.17, 15) is 4.79 Å². The first kappa shape index (κ1) is 20.6. The highest BCUT2D eigenvalue weighted by atomic mass is 28.3. The summed E-state index contributed by atoms with van der Waals surface area (Å²) in [5, 5.41) is 8.84. The zero-order chi connectivity index (χ0) is 16.5. The van der Waals surface area contributed by atoms with Gasteiger partial charge in [0.2, 0.25) is 0 Å². The summed E-state index contributed by atoms with van der Waals surface area (Å²) in [6.07, 6.45) is 2.21. The number of carbonyl (C=O) groups is 1. The second-order valence-corrected chi connectivity index (χ2v) is 12.9. The number of hydrogen-bond donors (Lipinski definition) is 1. The Morgan fingerprint density at radius 1 is 1.19 bits per heavy atom. The Hall–Kier alpha value is -0.393. The van der Waals surface area contributed by atoms with Gasteiger partial charge in [0.05, 0.1) is 6.10 Å². The molecule has 0 amide bonds. The van der Waals surface area contributed by atoms with Crippen molar-refractivity contribution in [3.63, 3.8) is 0 Å². The molecule has 0 aliphatic carbocycles. The van der Waals surface area contributed by atoms with Crippen LogP contribution in [0.4, 0.5) is 0 Å². The van der Waals surface area contributed by atoms with E-state index in [0.29, 0.717) is 12.7 Å². The van der Waals surface area contributed by atoms with E-state index in [2.05, 4.69) is 33.5 Å². The Morgan fingerprint density at radius 3 is 2.29 bits per heavy atom. The minimum Gasteiger partial charge on any atom is -0.481 e. The number of carboxylic acids is 1. The highest BCUT2D eigenvalue weighted by Gasteiger charge is 2.20. The Balaban J connectivity index is 3.92. The van der Waals surface area contributed by atoms with Crippen LogP contribution in [0.3, 0.4) is 0 Å². The zero-order valence-electron chi connectivity index (χ0n) is 14.6. The monoisotopic (exact) mass is 318 g/mol. The molecule has 0 bridgehead atoms. The predicted octanol–water partition coefficient (Wildman–Crippen LogP) is 4.23. The van der Waals surface area contributed by atoms with Crippen LogP contribution in [0.15, 0.2) is 0 Å². The third kappa shape index (κ3) is 11.9. The van der Waals surface area contributed by atoms with E-state index in [4.69, 9.17) is 14.6 Å². The maximum absolute atomic E-state index is 10.7. The Morgan fingerprint density at radius 2 is 1.81 bits per heavy atom. The van der Waals surface area contributed by atoms with Gasteiger partial charge in [0.25, 0.3) is 0 Å². The Labute approximate surface area is 131 Å². The van der Waals surface area contributed by atoms with Crippen LogP contribution in [0.25, 0.3) is 0 Å². The third-order valence-corrected chi connectivity index (χ3v) is 5.65. The Bertz CT molecular complexity index is 288. The highest BCUT2D eigenvalue weighted by molar-refractivity contribution is 6.76. The van der Waals surface area contributed by atoms with Crippen LogP contribution in [0, 0.1) is 11.8 Å². The van der Waals surface area contributed by atoms with Crippen LogP contribution in [0.5, 0.6) is 0 Å². The van der Waals surface area contributed by atoms with Crippen molar-refractivity contribution in [1.82, 2.24) is 0 Å². The first-order valence-electron chi connectivity index (χ1n) is 8.06. The topological polar surface area (TPSA) is 55.8 Å². The molecule has 4 nitrogen and oxygen atoms in total. The largest absolute Gasteiger partial charge is 0.481 e. The lowest BCUT2D eigenvalue weighted by atomic mass is 9.88. The number of carboxylic acid groups (broad SMARTS) is 1. The van der Waals surface area contributed by atoms with Gasteiger partial charge in [-0.3, -0.25) is 4.79 Å². The van der Waals surface area contributed by atoms with Crippen LogP contribution < -0.4 is 0 Å². The van der Waals surface area contributed by atoms with Gasteiger partial charge in [-0.15, -0.1) is 0 Å². The van der Waals surface area contributed by atoms with Gasteiger partial charge in [0.15, 0.2) is 0 Å². The number of hydrogen-bond acceptors (Lipinski definition) is 3. The lowest BCUT2D eigenvalue weighted by molar-refractivity contribution is -0.138. The molecular weight excluding hydrogens is 284 g/mol. The summed E-state index contributed by atoms with van der Waals surface area (Å²) >= 11 is 0. The van der Waals surface area contributed by atoms with Crippen molar-refractivity contribution in [2.75, 3.05) is 13.4 Å². The third-order valence-electron chi connectivity index (χ3n) is 3.94. The average Bonchev–Trinajstić information content (AvgIpc) is 2.34. The smallest absolute Gasteiger partial charge is 0.303 e. The normalized spacial score (nSPS) is 16.5. The molecule has 0 aromatic carbocycles. The van der Waals surface area contributed by atoms with Crippen LogP contribution >= 0.6 is 0 Å². The quantitative estimate of drug-likeness (QED) is 0.332. The van der Waals surface area contributed by atoms with Gasteiger partial charge in [-0.2, -0.15) is 0 Å². The minimum absolute atomic E-state index is 0.156. The van der Waals surface area contributed by atoms with Crippen molar-refractivity contribution < 1.29 is 19.4 Å². The molecule has 21 heavy (non-hydrogen) atoms. The van der Waals surface area contributed by atoms with Crippen molar-refractivity contribution in [2.24, 2.45) is 11.8 Å². The number of ether oxygens (including phenoxy) is 2. The molecule has 5 heteroatoms. The SMILES string of the molecule is CC[C@H](CC(C)C(C)CC(=O)O)OCOCC[Si](C)(C)C. The van der Waals surface area contributed by atoms with E-state index in [1.54, 1.807) is 0 Å². The molecule has 0 saturated heterocycles. The average molecular weight is 319 g/mol. The maximum atomic E-state index is 10.7. The first-order chi connectivity index (χ1) is 9.65. The van der Waals surface area contributed by atoms with Crippen LogP contribution in [-0.4, -0.2) is 38.7 Å². The Kier molecular flexibility index (Phi) is 10.2. The molecule has 0 rings (SSSR count). The summed E-state index contributed by atoms with van der Waals surface area (Å²) in [5.41, 5.74) is 0. The summed E-state index contributed by atoms with van der Waals surface area (Å²) in [5.74, 6) is -0.209. The summed E-state index contributed by atoms with van der Waals surface area (Å²) in [4.78, 5) is 10.7. The molecule has 0 aromatic rings. The van der Waals surface area contributed by atoms with Gasteiger partial charge in [-0.05, 0) is 30.7 Å². The second-order valence-electron chi connectivity index (χ2n) is 7.32. The lowest BCUT2D eigenvalue weighted by Crippen LogP contribution is -2.24. The molecular formula is C16H34O4Si. The molecule has 0 fully saturated rings. The highest BCUT2D eigenvalue weighted by Crippen LogP contribution is 2.22. The van der Waals surface area contributed by atoms with E-state index in [-0.39, 0.29) is 18.4 Å².